The summed E-state index contributed by atoms with van der Waals surface area (Å²) < 4.78 is 17.7. The molecule has 0 fully saturated rings. The molecule has 1 atom stereocenters. The van der Waals surface area contributed by atoms with Gasteiger partial charge in [0.1, 0.15) is 5.82 Å². The molecule has 1 rings (SSSR count). The molecule has 15 heavy (non-hydrogen) atoms. The van der Waals surface area contributed by atoms with Crippen LogP contribution in [0.1, 0.15) is 18.1 Å². The molecule has 0 amide bonds. The molecule has 0 heterocycles. The summed E-state index contributed by atoms with van der Waals surface area (Å²) in [4.78, 5) is 10.9. The number of aliphatic hydroxyl groups is 1. The number of hydrogen-bond acceptors (Lipinski definition) is 3. The molecule has 1 aromatic rings. The van der Waals surface area contributed by atoms with Crippen molar-refractivity contribution in [2.75, 3.05) is 7.11 Å². The minimum Gasteiger partial charge on any atom is -0.469 e. The van der Waals surface area contributed by atoms with Gasteiger partial charge in [-0.05, 0) is 6.07 Å². The quantitative estimate of drug-likeness (QED) is 0.812. The van der Waals surface area contributed by atoms with E-state index in [2.05, 4.69) is 4.74 Å². The van der Waals surface area contributed by atoms with Gasteiger partial charge in [-0.25, -0.2) is 4.39 Å². The highest BCUT2D eigenvalue weighted by molar-refractivity contribution is 6.30. The molecule has 0 spiro atoms. The van der Waals surface area contributed by atoms with Crippen molar-refractivity contribution in [1.29, 1.82) is 0 Å². The van der Waals surface area contributed by atoms with Gasteiger partial charge in [-0.2, -0.15) is 0 Å². The Labute approximate surface area is 91.4 Å². The fourth-order valence-electron chi connectivity index (χ4n) is 1.13. The average molecular weight is 233 g/mol. The number of benzene rings is 1. The van der Waals surface area contributed by atoms with E-state index in [1.807, 2.05) is 0 Å². The van der Waals surface area contributed by atoms with E-state index < -0.39 is 17.9 Å². The summed E-state index contributed by atoms with van der Waals surface area (Å²) in [6, 6.07) is 4.24. The Morgan fingerprint density at radius 3 is 2.93 bits per heavy atom. The Kier molecular flexibility index (Phi) is 4.05. The Morgan fingerprint density at radius 1 is 1.67 bits per heavy atom. The fraction of sp³-hybridized carbons (Fsp3) is 0.300. The third-order valence-electron chi connectivity index (χ3n) is 1.93. The summed E-state index contributed by atoms with van der Waals surface area (Å²) in [5.74, 6) is -1.32. The Morgan fingerprint density at radius 2 is 2.33 bits per heavy atom. The molecule has 0 radical (unpaired) electrons. The third-order valence-corrected chi connectivity index (χ3v) is 2.22. The SMILES string of the molecule is COC(=O)CC(O)c1cccc(Cl)c1F. The van der Waals surface area contributed by atoms with Crippen LogP contribution in [0.2, 0.25) is 5.02 Å². The second-order valence-electron chi connectivity index (χ2n) is 2.94. The van der Waals surface area contributed by atoms with Crippen LogP contribution in [0.15, 0.2) is 18.2 Å². The number of ether oxygens (including phenoxy) is 1. The summed E-state index contributed by atoms with van der Waals surface area (Å²) in [6.45, 7) is 0. The van der Waals surface area contributed by atoms with E-state index in [1.165, 1.54) is 25.3 Å². The molecule has 1 unspecified atom stereocenters. The van der Waals surface area contributed by atoms with Gasteiger partial charge < -0.3 is 9.84 Å². The molecular formula is C10H10ClFO3. The van der Waals surface area contributed by atoms with Gasteiger partial charge >= 0.3 is 5.97 Å². The van der Waals surface area contributed by atoms with Crippen molar-refractivity contribution in [2.24, 2.45) is 0 Å². The fourth-order valence-corrected chi connectivity index (χ4v) is 1.31. The van der Waals surface area contributed by atoms with Gasteiger partial charge in [0.05, 0.1) is 24.7 Å². The lowest BCUT2D eigenvalue weighted by Crippen LogP contribution is -2.09. The lowest BCUT2D eigenvalue weighted by molar-refractivity contribution is -0.142. The standard InChI is InChI=1S/C10H10ClFO3/c1-15-9(14)5-8(13)6-3-2-4-7(11)10(6)12/h2-4,8,13H,5H2,1H3. The zero-order valence-corrected chi connectivity index (χ0v) is 8.79. The summed E-state index contributed by atoms with van der Waals surface area (Å²) in [5.41, 5.74) is -0.00657. The zero-order valence-electron chi connectivity index (χ0n) is 8.04. The molecule has 0 saturated heterocycles. The highest BCUT2D eigenvalue weighted by Gasteiger charge is 2.18. The first kappa shape index (κ1) is 11.9. The van der Waals surface area contributed by atoms with Crippen LogP contribution >= 0.6 is 11.6 Å². The number of halogens is 2. The maximum atomic E-state index is 13.4. The van der Waals surface area contributed by atoms with E-state index in [-0.39, 0.29) is 17.0 Å². The van der Waals surface area contributed by atoms with Gasteiger partial charge in [0.2, 0.25) is 0 Å². The van der Waals surface area contributed by atoms with Crippen LogP contribution < -0.4 is 0 Å². The predicted molar refractivity (Wildman–Crippen MR) is 53.0 cm³/mol. The molecule has 0 aliphatic carbocycles. The molecule has 0 bridgehead atoms. The molecule has 3 nitrogen and oxygen atoms in total. The second kappa shape index (κ2) is 5.09. The number of rotatable bonds is 3. The maximum Gasteiger partial charge on any atom is 0.308 e. The van der Waals surface area contributed by atoms with Crippen LogP contribution in [0.3, 0.4) is 0 Å². The zero-order chi connectivity index (χ0) is 11.4. The highest BCUT2D eigenvalue weighted by Crippen LogP contribution is 2.25. The van der Waals surface area contributed by atoms with Gasteiger partial charge in [-0.3, -0.25) is 4.79 Å². The number of methoxy groups -OCH3 is 1. The first-order valence-electron chi connectivity index (χ1n) is 4.25. The van der Waals surface area contributed by atoms with Gasteiger partial charge in [-0.1, -0.05) is 23.7 Å². The van der Waals surface area contributed by atoms with Crippen molar-refractivity contribution in [3.8, 4) is 0 Å². The third kappa shape index (κ3) is 2.91. The van der Waals surface area contributed by atoms with Gasteiger partial charge in [0.15, 0.2) is 0 Å². The molecule has 0 aliphatic heterocycles. The molecule has 5 heteroatoms. The monoisotopic (exact) mass is 232 g/mol. The van der Waals surface area contributed by atoms with Crippen molar-refractivity contribution < 1.29 is 19.0 Å². The van der Waals surface area contributed by atoms with Crippen LogP contribution in [-0.2, 0) is 9.53 Å². The smallest absolute Gasteiger partial charge is 0.308 e. The summed E-state index contributed by atoms with van der Waals surface area (Å²) in [7, 11) is 1.20. The number of esters is 1. The number of carbonyl (C=O) groups is 1. The summed E-state index contributed by atoms with van der Waals surface area (Å²) >= 11 is 5.53. The van der Waals surface area contributed by atoms with Gasteiger partial charge in [0, 0.05) is 5.56 Å². The number of carbonyl (C=O) groups excluding carboxylic acids is 1. The topological polar surface area (TPSA) is 46.5 Å². The van der Waals surface area contributed by atoms with E-state index in [0.29, 0.717) is 0 Å². The number of hydrogen-bond donors (Lipinski definition) is 1. The molecule has 0 aliphatic rings. The van der Waals surface area contributed by atoms with Crippen LogP contribution in [-0.4, -0.2) is 18.2 Å². The molecule has 1 aromatic carbocycles. The summed E-state index contributed by atoms with van der Waals surface area (Å²) in [6.07, 6.45) is -1.54. The molecule has 82 valence electrons. The number of aliphatic hydroxyl groups excluding tert-OH is 1. The van der Waals surface area contributed by atoms with E-state index in [0.717, 1.165) is 0 Å². The lowest BCUT2D eigenvalue weighted by atomic mass is 10.1. The second-order valence-corrected chi connectivity index (χ2v) is 3.35. The normalized spacial score (nSPS) is 12.3. The minimum atomic E-state index is -1.24. The van der Waals surface area contributed by atoms with Crippen molar-refractivity contribution in [1.82, 2.24) is 0 Å². The Balaban J connectivity index is 2.86. The first-order chi connectivity index (χ1) is 7.06. The highest BCUT2D eigenvalue weighted by atomic mass is 35.5. The van der Waals surface area contributed by atoms with Crippen LogP contribution in [0.5, 0.6) is 0 Å². The Bertz CT molecular complexity index is 368. The molecule has 1 N–H and O–H groups in total. The van der Waals surface area contributed by atoms with E-state index in [4.69, 9.17) is 11.6 Å². The van der Waals surface area contributed by atoms with Gasteiger partial charge in [0.25, 0.3) is 0 Å². The average Bonchev–Trinajstić information content (AvgIpc) is 2.21. The van der Waals surface area contributed by atoms with Crippen LogP contribution in [0.4, 0.5) is 4.39 Å². The van der Waals surface area contributed by atoms with Gasteiger partial charge in [-0.15, -0.1) is 0 Å². The van der Waals surface area contributed by atoms with Crippen LogP contribution in [0, 0.1) is 5.82 Å². The maximum absolute atomic E-state index is 13.4. The molecule has 0 aromatic heterocycles. The lowest BCUT2D eigenvalue weighted by Gasteiger charge is -2.10. The van der Waals surface area contributed by atoms with E-state index >= 15 is 0 Å². The largest absolute Gasteiger partial charge is 0.469 e. The predicted octanol–water partition coefficient (Wildman–Crippen LogP) is 2.08. The first-order valence-corrected chi connectivity index (χ1v) is 4.63. The van der Waals surface area contributed by atoms with Crippen molar-refractivity contribution in [3.05, 3.63) is 34.6 Å². The van der Waals surface area contributed by atoms with E-state index in [9.17, 15) is 14.3 Å². The van der Waals surface area contributed by atoms with E-state index in [1.54, 1.807) is 0 Å². The van der Waals surface area contributed by atoms with Crippen molar-refractivity contribution in [3.63, 3.8) is 0 Å². The van der Waals surface area contributed by atoms with Crippen LogP contribution in [0.25, 0.3) is 0 Å². The summed E-state index contributed by atoms with van der Waals surface area (Å²) in [5, 5.41) is 9.44. The molecule has 0 saturated carbocycles. The minimum absolute atomic E-state index is 0.00657. The Hall–Kier alpha value is -1.13. The van der Waals surface area contributed by atoms with Crippen molar-refractivity contribution in [2.45, 2.75) is 12.5 Å². The molecular weight excluding hydrogens is 223 g/mol. The van der Waals surface area contributed by atoms with Crippen molar-refractivity contribution >= 4 is 17.6 Å².